The van der Waals surface area contributed by atoms with Crippen LogP contribution in [0.3, 0.4) is 0 Å². The fraction of sp³-hybridized carbons (Fsp3) is 0.143. The molecule has 0 heterocycles. The molecule has 0 aliphatic carbocycles. The van der Waals surface area contributed by atoms with Gasteiger partial charge < -0.3 is 4.74 Å². The van der Waals surface area contributed by atoms with Crippen molar-refractivity contribution in [2.24, 2.45) is 0 Å². The van der Waals surface area contributed by atoms with Gasteiger partial charge in [-0.3, -0.25) is 0 Å². The van der Waals surface area contributed by atoms with Gasteiger partial charge in [0.2, 0.25) is 0 Å². The lowest BCUT2D eigenvalue weighted by Crippen LogP contribution is -2.00. The van der Waals surface area contributed by atoms with Gasteiger partial charge in [0, 0.05) is 10.6 Å². The Bertz CT molecular complexity index is 649. The van der Waals surface area contributed by atoms with Crippen molar-refractivity contribution in [1.29, 1.82) is 0 Å². The molecule has 1 unspecified atom stereocenters. The van der Waals surface area contributed by atoms with Gasteiger partial charge in [0.1, 0.15) is 11.6 Å². The van der Waals surface area contributed by atoms with Crippen LogP contribution in [0.2, 0.25) is 10.0 Å². The summed E-state index contributed by atoms with van der Waals surface area (Å²) in [4.78, 5) is 0. The predicted octanol–water partition coefficient (Wildman–Crippen LogP) is 6.23. The Labute approximate surface area is 139 Å². The Kier molecular flexibility index (Phi) is 5.19. The summed E-state index contributed by atoms with van der Waals surface area (Å²) in [7, 11) is 1.52. The zero-order valence-electron chi connectivity index (χ0n) is 10.3. The minimum atomic E-state index is -0.678. The van der Waals surface area contributed by atoms with E-state index in [2.05, 4.69) is 15.9 Å². The molecule has 0 radical (unpaired) electrons. The monoisotopic (exact) mass is 396 g/mol. The first kappa shape index (κ1) is 15.9. The molecule has 0 fully saturated rings. The van der Waals surface area contributed by atoms with Crippen LogP contribution in [-0.2, 0) is 0 Å². The molecule has 1 atom stereocenters. The van der Waals surface area contributed by atoms with E-state index in [1.54, 1.807) is 24.3 Å². The molecule has 0 N–H and O–H groups in total. The van der Waals surface area contributed by atoms with Crippen molar-refractivity contribution < 1.29 is 9.13 Å². The summed E-state index contributed by atoms with van der Waals surface area (Å²) in [5.74, 6) is 0.0182. The molecule has 0 aliphatic heterocycles. The third kappa shape index (κ3) is 3.06. The van der Waals surface area contributed by atoms with E-state index in [9.17, 15) is 4.39 Å². The van der Waals surface area contributed by atoms with Crippen LogP contribution in [0.1, 0.15) is 16.5 Å². The summed E-state index contributed by atoms with van der Waals surface area (Å²) >= 11 is 21.8. The molecule has 0 aliphatic rings. The number of halogens is 5. The molecular weight excluding hydrogens is 389 g/mol. The zero-order chi connectivity index (χ0) is 14.9. The number of ether oxygens (including phenoxy) is 1. The van der Waals surface area contributed by atoms with Crippen LogP contribution in [-0.4, -0.2) is 7.11 Å². The van der Waals surface area contributed by atoms with Crippen molar-refractivity contribution in [2.45, 2.75) is 5.38 Å². The molecule has 0 spiro atoms. The van der Waals surface area contributed by atoms with E-state index in [1.807, 2.05) is 0 Å². The highest BCUT2D eigenvalue weighted by Crippen LogP contribution is 2.43. The molecule has 1 nitrogen and oxygen atoms in total. The van der Waals surface area contributed by atoms with Crippen LogP contribution in [0.25, 0.3) is 0 Å². The van der Waals surface area contributed by atoms with E-state index in [4.69, 9.17) is 39.5 Å². The SMILES string of the molecule is COc1c(Br)cc(Cl)cc1C(Cl)c1cccc(F)c1Cl. The van der Waals surface area contributed by atoms with Crippen LogP contribution < -0.4 is 4.74 Å². The number of rotatable bonds is 3. The normalized spacial score (nSPS) is 12.3. The largest absolute Gasteiger partial charge is 0.495 e. The quantitative estimate of drug-likeness (QED) is 0.557. The van der Waals surface area contributed by atoms with Gasteiger partial charge in [0.15, 0.2) is 0 Å². The number of alkyl halides is 1. The van der Waals surface area contributed by atoms with Gasteiger partial charge in [-0.1, -0.05) is 35.3 Å². The Morgan fingerprint density at radius 2 is 1.90 bits per heavy atom. The Balaban J connectivity index is 2.58. The predicted molar refractivity (Wildman–Crippen MR) is 84.8 cm³/mol. The molecule has 0 aromatic heterocycles. The summed E-state index contributed by atoms with van der Waals surface area (Å²) in [6.45, 7) is 0. The summed E-state index contributed by atoms with van der Waals surface area (Å²) in [6.07, 6.45) is 0. The Morgan fingerprint density at radius 3 is 2.55 bits per heavy atom. The third-order valence-corrected chi connectivity index (χ3v) is 4.45. The molecule has 0 saturated carbocycles. The fourth-order valence-electron chi connectivity index (χ4n) is 1.87. The highest BCUT2D eigenvalue weighted by atomic mass is 79.9. The minimum absolute atomic E-state index is 0.00866. The van der Waals surface area contributed by atoms with Crippen LogP contribution in [0.5, 0.6) is 5.75 Å². The lowest BCUT2D eigenvalue weighted by molar-refractivity contribution is 0.407. The van der Waals surface area contributed by atoms with Gasteiger partial charge >= 0.3 is 0 Å². The van der Waals surface area contributed by atoms with Crippen molar-refractivity contribution >= 4 is 50.7 Å². The highest BCUT2D eigenvalue weighted by molar-refractivity contribution is 9.10. The molecule has 0 bridgehead atoms. The summed E-state index contributed by atoms with van der Waals surface area (Å²) < 4.78 is 19.5. The van der Waals surface area contributed by atoms with Gasteiger partial charge in [-0.2, -0.15) is 0 Å². The first-order chi connectivity index (χ1) is 9.45. The first-order valence-electron chi connectivity index (χ1n) is 5.56. The fourth-order valence-corrected chi connectivity index (χ4v) is 3.50. The number of hydrogen-bond donors (Lipinski definition) is 0. The first-order valence-corrected chi connectivity index (χ1v) is 7.55. The van der Waals surface area contributed by atoms with E-state index in [-0.39, 0.29) is 5.02 Å². The maximum atomic E-state index is 13.5. The van der Waals surface area contributed by atoms with Crippen molar-refractivity contribution in [3.05, 3.63) is 61.8 Å². The molecule has 20 heavy (non-hydrogen) atoms. The van der Waals surface area contributed by atoms with Crippen molar-refractivity contribution in [1.82, 2.24) is 0 Å². The van der Waals surface area contributed by atoms with Gasteiger partial charge in [-0.05, 0) is 39.7 Å². The van der Waals surface area contributed by atoms with Gasteiger partial charge in [0.05, 0.1) is 22.0 Å². The van der Waals surface area contributed by atoms with Gasteiger partial charge in [0.25, 0.3) is 0 Å². The maximum Gasteiger partial charge on any atom is 0.142 e. The van der Waals surface area contributed by atoms with Crippen LogP contribution in [0.4, 0.5) is 4.39 Å². The molecule has 2 rings (SSSR count). The van der Waals surface area contributed by atoms with Gasteiger partial charge in [-0.15, -0.1) is 11.6 Å². The molecule has 0 saturated heterocycles. The Morgan fingerprint density at radius 1 is 1.20 bits per heavy atom. The van der Waals surface area contributed by atoms with Crippen LogP contribution in [0, 0.1) is 5.82 Å². The second kappa shape index (κ2) is 6.52. The zero-order valence-corrected chi connectivity index (χ0v) is 14.1. The summed E-state index contributed by atoms with van der Waals surface area (Å²) in [5, 5.41) is -0.195. The topological polar surface area (TPSA) is 9.23 Å². The third-order valence-electron chi connectivity index (χ3n) is 2.77. The van der Waals surface area contributed by atoms with E-state index in [0.29, 0.717) is 26.4 Å². The molecule has 2 aromatic rings. The van der Waals surface area contributed by atoms with Crippen molar-refractivity contribution in [2.75, 3.05) is 7.11 Å². The van der Waals surface area contributed by atoms with E-state index in [1.165, 1.54) is 13.2 Å². The number of benzene rings is 2. The Hall–Kier alpha value is -0.480. The average Bonchev–Trinajstić information content (AvgIpc) is 2.40. The van der Waals surface area contributed by atoms with Crippen molar-refractivity contribution in [3.63, 3.8) is 0 Å². The van der Waals surface area contributed by atoms with Crippen LogP contribution in [0.15, 0.2) is 34.8 Å². The number of methoxy groups -OCH3 is 1. The standard InChI is InChI=1S/C14H9BrCl3FO/c1-20-14-9(5-7(16)6-10(14)15)12(17)8-3-2-4-11(19)13(8)18/h2-6,12H,1H3. The summed E-state index contributed by atoms with van der Waals surface area (Å²) in [5.41, 5.74) is 1.07. The van der Waals surface area contributed by atoms with E-state index >= 15 is 0 Å². The second-order valence-corrected chi connectivity index (χ2v) is 6.12. The van der Waals surface area contributed by atoms with Crippen LogP contribution >= 0.6 is 50.7 Å². The second-order valence-electron chi connectivity index (χ2n) is 4.02. The number of hydrogen-bond acceptors (Lipinski definition) is 1. The molecule has 106 valence electrons. The summed E-state index contributed by atoms with van der Waals surface area (Å²) in [6, 6.07) is 7.86. The molecule has 2 aromatic carbocycles. The van der Waals surface area contributed by atoms with E-state index < -0.39 is 11.2 Å². The minimum Gasteiger partial charge on any atom is -0.495 e. The highest BCUT2D eigenvalue weighted by Gasteiger charge is 2.22. The lowest BCUT2D eigenvalue weighted by atomic mass is 10.0. The van der Waals surface area contributed by atoms with Crippen molar-refractivity contribution in [3.8, 4) is 5.75 Å². The maximum absolute atomic E-state index is 13.5. The molecular formula is C14H9BrCl3FO. The molecule has 0 amide bonds. The van der Waals surface area contributed by atoms with Gasteiger partial charge in [-0.25, -0.2) is 4.39 Å². The van der Waals surface area contributed by atoms with E-state index in [0.717, 1.165) is 0 Å². The molecule has 6 heteroatoms. The lowest BCUT2D eigenvalue weighted by Gasteiger charge is -2.17. The smallest absolute Gasteiger partial charge is 0.142 e. The average molecular weight is 398 g/mol.